The third-order valence-electron chi connectivity index (χ3n) is 4.89. The molecule has 0 amide bonds. The van der Waals surface area contributed by atoms with Crippen LogP contribution in [0, 0.1) is 0 Å². The van der Waals surface area contributed by atoms with Gasteiger partial charge in [0.25, 0.3) is 0 Å². The number of hydrogen-bond acceptors (Lipinski definition) is 9. The Balaban J connectivity index is 1.79. The molecule has 0 saturated heterocycles. The van der Waals surface area contributed by atoms with E-state index in [0.29, 0.717) is 43.6 Å². The van der Waals surface area contributed by atoms with E-state index < -0.39 is 10.0 Å². The molecule has 186 valence electrons. The third-order valence-corrected chi connectivity index (χ3v) is 5.48. The molecule has 0 aliphatic rings. The third kappa shape index (κ3) is 7.27. The Labute approximate surface area is 200 Å². The van der Waals surface area contributed by atoms with Crippen LogP contribution in [0.4, 0.5) is 11.6 Å². The second-order valence-electron chi connectivity index (χ2n) is 8.47. The predicted molar refractivity (Wildman–Crippen MR) is 132 cm³/mol. The standard InChI is InChI=1S/C22H33N7O4S/c1-16(2)18-15-24-29-20(18)25-22(33-13-12-32-11-10-28(3)4)26-21(29)23-14-17-8-6-7-9-19(17)27-34(5,30)31/h6-9,15-16,27H,10-14H2,1-5H3,(H,23,25,26). The molecular weight excluding hydrogens is 458 g/mol. The molecule has 2 aromatic heterocycles. The minimum absolute atomic E-state index is 0.210. The Morgan fingerprint density at radius 3 is 2.59 bits per heavy atom. The van der Waals surface area contributed by atoms with Crippen molar-refractivity contribution in [2.45, 2.75) is 26.3 Å². The van der Waals surface area contributed by atoms with Crippen LogP contribution in [0.1, 0.15) is 30.9 Å². The van der Waals surface area contributed by atoms with Gasteiger partial charge in [0.05, 0.1) is 31.4 Å². The van der Waals surface area contributed by atoms with Gasteiger partial charge in [-0.25, -0.2) is 8.42 Å². The molecule has 0 fully saturated rings. The van der Waals surface area contributed by atoms with Crippen LogP contribution >= 0.6 is 0 Å². The maximum absolute atomic E-state index is 11.7. The van der Waals surface area contributed by atoms with Crippen molar-refractivity contribution >= 4 is 27.3 Å². The van der Waals surface area contributed by atoms with Crippen LogP contribution in [0.2, 0.25) is 0 Å². The number of aromatic nitrogens is 4. The number of sulfonamides is 1. The van der Waals surface area contributed by atoms with Gasteiger partial charge in [-0.1, -0.05) is 32.0 Å². The fraction of sp³-hybridized carbons (Fsp3) is 0.500. The summed E-state index contributed by atoms with van der Waals surface area (Å²) in [5.41, 5.74) is 2.88. The zero-order valence-electron chi connectivity index (χ0n) is 20.3. The fourth-order valence-electron chi connectivity index (χ4n) is 3.15. The Kier molecular flexibility index (Phi) is 8.64. The lowest BCUT2D eigenvalue weighted by molar-refractivity contribution is 0.0862. The molecule has 2 N–H and O–H groups in total. The van der Waals surface area contributed by atoms with Crippen molar-refractivity contribution in [2.75, 3.05) is 56.8 Å². The topological polar surface area (TPSA) is 123 Å². The molecule has 0 radical (unpaired) electrons. The number of rotatable bonds is 13. The van der Waals surface area contributed by atoms with Crippen molar-refractivity contribution in [1.82, 2.24) is 24.5 Å². The summed E-state index contributed by atoms with van der Waals surface area (Å²) in [6.07, 6.45) is 2.89. The van der Waals surface area contributed by atoms with E-state index in [1.807, 2.05) is 31.1 Å². The fourth-order valence-corrected chi connectivity index (χ4v) is 3.75. The number of hydrogen-bond donors (Lipinski definition) is 2. The number of benzene rings is 1. The van der Waals surface area contributed by atoms with Crippen LogP contribution in [-0.4, -0.2) is 79.6 Å². The van der Waals surface area contributed by atoms with Gasteiger partial charge in [0, 0.05) is 18.7 Å². The molecule has 0 bridgehead atoms. The molecule has 0 spiro atoms. The summed E-state index contributed by atoms with van der Waals surface area (Å²) >= 11 is 0. The first-order valence-electron chi connectivity index (χ1n) is 11.0. The average Bonchev–Trinajstić information content (AvgIpc) is 3.18. The SMILES string of the molecule is CC(C)c1cnn2c(NCc3ccccc3NS(C)(=O)=O)nc(OCCOCCN(C)C)nc12. The van der Waals surface area contributed by atoms with Gasteiger partial charge >= 0.3 is 6.01 Å². The van der Waals surface area contributed by atoms with Gasteiger partial charge in [-0.3, -0.25) is 4.72 Å². The van der Waals surface area contributed by atoms with Crippen LogP contribution in [0.3, 0.4) is 0 Å². The van der Waals surface area contributed by atoms with E-state index in [2.05, 4.69) is 39.0 Å². The van der Waals surface area contributed by atoms with Gasteiger partial charge in [0.15, 0.2) is 5.65 Å². The number of ether oxygens (including phenoxy) is 2. The highest BCUT2D eigenvalue weighted by molar-refractivity contribution is 7.92. The summed E-state index contributed by atoms with van der Waals surface area (Å²) in [4.78, 5) is 11.1. The molecule has 1 aromatic carbocycles. The van der Waals surface area contributed by atoms with Crippen molar-refractivity contribution in [2.24, 2.45) is 0 Å². The molecule has 3 aromatic rings. The van der Waals surface area contributed by atoms with Gasteiger partial charge in [0.2, 0.25) is 16.0 Å². The van der Waals surface area contributed by atoms with Crippen LogP contribution in [-0.2, 0) is 21.3 Å². The second kappa shape index (κ2) is 11.4. The average molecular weight is 492 g/mol. The first-order chi connectivity index (χ1) is 16.1. The van der Waals surface area contributed by atoms with Crippen molar-refractivity contribution in [3.05, 3.63) is 41.6 Å². The van der Waals surface area contributed by atoms with Gasteiger partial charge < -0.3 is 19.7 Å². The van der Waals surface area contributed by atoms with Crippen molar-refractivity contribution < 1.29 is 17.9 Å². The van der Waals surface area contributed by atoms with Gasteiger partial charge in [-0.15, -0.1) is 0 Å². The zero-order valence-corrected chi connectivity index (χ0v) is 21.1. The highest BCUT2D eigenvalue weighted by Crippen LogP contribution is 2.24. The lowest BCUT2D eigenvalue weighted by Crippen LogP contribution is -2.20. The number of para-hydroxylation sites is 1. The molecule has 0 atom stereocenters. The van der Waals surface area contributed by atoms with E-state index in [-0.39, 0.29) is 11.9 Å². The van der Waals surface area contributed by atoms with E-state index in [0.717, 1.165) is 23.9 Å². The Morgan fingerprint density at radius 2 is 1.88 bits per heavy atom. The minimum Gasteiger partial charge on any atom is -0.461 e. The molecule has 0 unspecified atom stereocenters. The van der Waals surface area contributed by atoms with E-state index in [4.69, 9.17) is 9.47 Å². The van der Waals surface area contributed by atoms with Crippen molar-refractivity contribution in [3.8, 4) is 6.01 Å². The summed E-state index contributed by atoms with van der Waals surface area (Å²) in [5.74, 6) is 0.650. The number of fused-ring (bicyclic) bond motifs is 1. The largest absolute Gasteiger partial charge is 0.461 e. The van der Waals surface area contributed by atoms with Crippen LogP contribution in [0.25, 0.3) is 5.65 Å². The smallest absolute Gasteiger partial charge is 0.321 e. The van der Waals surface area contributed by atoms with Gasteiger partial charge in [-0.2, -0.15) is 19.6 Å². The van der Waals surface area contributed by atoms with E-state index in [9.17, 15) is 8.42 Å². The molecule has 34 heavy (non-hydrogen) atoms. The lowest BCUT2D eigenvalue weighted by Gasteiger charge is -2.14. The summed E-state index contributed by atoms with van der Waals surface area (Å²) in [6, 6.07) is 7.38. The Morgan fingerprint density at radius 1 is 1.12 bits per heavy atom. The van der Waals surface area contributed by atoms with Gasteiger partial charge in [-0.05, 0) is 31.6 Å². The maximum Gasteiger partial charge on any atom is 0.321 e. The minimum atomic E-state index is -3.41. The molecular formula is C22H33N7O4S. The molecule has 0 aliphatic carbocycles. The molecule has 3 rings (SSSR count). The second-order valence-corrected chi connectivity index (χ2v) is 10.2. The summed E-state index contributed by atoms with van der Waals surface area (Å²) in [6.45, 7) is 6.64. The molecule has 11 nitrogen and oxygen atoms in total. The Hall–Kier alpha value is -2.96. The predicted octanol–water partition coefficient (Wildman–Crippen LogP) is 2.19. The lowest BCUT2D eigenvalue weighted by atomic mass is 10.1. The van der Waals surface area contributed by atoms with Crippen LogP contribution < -0.4 is 14.8 Å². The number of nitrogens with zero attached hydrogens (tertiary/aromatic N) is 5. The molecule has 0 saturated carbocycles. The van der Waals surface area contributed by atoms with Crippen molar-refractivity contribution in [3.63, 3.8) is 0 Å². The quantitative estimate of drug-likeness (QED) is 0.346. The first kappa shape index (κ1) is 25.7. The first-order valence-corrected chi connectivity index (χ1v) is 12.9. The molecule has 12 heteroatoms. The van der Waals surface area contributed by atoms with E-state index in [1.54, 1.807) is 22.8 Å². The summed E-state index contributed by atoms with van der Waals surface area (Å²) < 4.78 is 39.0. The molecule has 0 aliphatic heterocycles. The Bertz CT molecular complexity index is 1200. The number of anilines is 2. The monoisotopic (exact) mass is 491 g/mol. The van der Waals surface area contributed by atoms with Crippen LogP contribution in [0.5, 0.6) is 6.01 Å². The van der Waals surface area contributed by atoms with Crippen molar-refractivity contribution in [1.29, 1.82) is 0 Å². The van der Waals surface area contributed by atoms with Gasteiger partial charge in [0.1, 0.15) is 6.61 Å². The summed E-state index contributed by atoms with van der Waals surface area (Å²) in [7, 11) is 0.574. The number of nitrogens with one attached hydrogen (secondary N) is 2. The summed E-state index contributed by atoms with van der Waals surface area (Å²) in [5, 5.41) is 7.69. The highest BCUT2D eigenvalue weighted by atomic mass is 32.2. The maximum atomic E-state index is 11.7. The number of likely N-dealkylation sites (N-methyl/N-ethyl adjacent to an activating group) is 1. The molecule has 2 heterocycles. The van der Waals surface area contributed by atoms with E-state index in [1.165, 1.54) is 0 Å². The van der Waals surface area contributed by atoms with E-state index >= 15 is 0 Å². The van der Waals surface area contributed by atoms with Crippen LogP contribution in [0.15, 0.2) is 30.5 Å². The zero-order chi connectivity index (χ0) is 24.7. The highest BCUT2D eigenvalue weighted by Gasteiger charge is 2.16. The normalized spacial score (nSPS) is 12.0.